The molecule has 1 atom stereocenters. The van der Waals surface area contributed by atoms with Gasteiger partial charge in [0.05, 0.1) is 6.54 Å². The lowest BCUT2D eigenvalue weighted by Crippen LogP contribution is -2.57. The van der Waals surface area contributed by atoms with Crippen LogP contribution in [0.3, 0.4) is 0 Å². The molecule has 0 aliphatic carbocycles. The maximum Gasteiger partial charge on any atom is 0.410 e. The van der Waals surface area contributed by atoms with E-state index < -0.39 is 42.1 Å². The molecule has 1 saturated heterocycles. The van der Waals surface area contributed by atoms with Crippen molar-refractivity contribution in [3.63, 3.8) is 0 Å². The van der Waals surface area contributed by atoms with Crippen LogP contribution in [0, 0.1) is 0 Å². The van der Waals surface area contributed by atoms with E-state index in [1.165, 1.54) is 0 Å². The zero-order valence-electron chi connectivity index (χ0n) is 11.1. The summed E-state index contributed by atoms with van der Waals surface area (Å²) < 4.78 is 32.0. The molecule has 8 heteroatoms. The summed E-state index contributed by atoms with van der Waals surface area (Å²) in [5.41, 5.74) is 1.16. The molecule has 0 radical (unpaired) electrons. The van der Waals surface area contributed by atoms with Crippen molar-refractivity contribution in [3.05, 3.63) is 0 Å². The second-order valence-corrected chi connectivity index (χ2v) is 5.62. The highest BCUT2D eigenvalue weighted by Gasteiger charge is 2.61. The summed E-state index contributed by atoms with van der Waals surface area (Å²) in [7, 11) is 0. The van der Waals surface area contributed by atoms with Crippen molar-refractivity contribution < 1.29 is 28.2 Å². The summed E-state index contributed by atoms with van der Waals surface area (Å²) in [6.07, 6.45) is -1.26. The molecule has 1 aliphatic rings. The molecule has 1 aliphatic heterocycles. The van der Waals surface area contributed by atoms with Crippen LogP contribution in [-0.4, -0.2) is 52.2 Å². The number of likely N-dealkylation sites (tertiary alicyclic amines) is 1. The maximum atomic E-state index is 13.5. The average Bonchev–Trinajstić information content (AvgIpc) is 2.59. The SMILES string of the molecule is CC(C)(C)OC(=O)N1CCC(O)(C(F)(F)C(N)=O)C1. The Balaban J connectivity index is 2.78. The number of aliphatic hydroxyl groups is 1. The summed E-state index contributed by atoms with van der Waals surface area (Å²) in [5, 5.41) is 9.81. The molecule has 0 bridgehead atoms. The molecule has 0 aromatic rings. The van der Waals surface area contributed by atoms with E-state index in [2.05, 4.69) is 5.73 Å². The summed E-state index contributed by atoms with van der Waals surface area (Å²) in [6, 6.07) is 0. The van der Waals surface area contributed by atoms with Crippen molar-refractivity contribution in [1.29, 1.82) is 0 Å². The van der Waals surface area contributed by atoms with Crippen LogP contribution in [0.1, 0.15) is 27.2 Å². The Hall–Kier alpha value is -1.44. The summed E-state index contributed by atoms with van der Waals surface area (Å²) in [4.78, 5) is 23.3. The van der Waals surface area contributed by atoms with E-state index >= 15 is 0 Å². The van der Waals surface area contributed by atoms with E-state index in [1.54, 1.807) is 20.8 Å². The van der Waals surface area contributed by atoms with E-state index in [1.807, 2.05) is 0 Å². The van der Waals surface area contributed by atoms with Crippen LogP contribution in [0.15, 0.2) is 0 Å². The first-order chi connectivity index (χ1) is 8.39. The highest BCUT2D eigenvalue weighted by molar-refractivity contribution is 5.83. The van der Waals surface area contributed by atoms with Crippen LogP contribution in [-0.2, 0) is 9.53 Å². The monoisotopic (exact) mass is 280 g/mol. The molecular formula is C11H18F2N2O4. The van der Waals surface area contributed by atoms with Gasteiger partial charge in [-0.25, -0.2) is 4.79 Å². The number of primary amides is 1. The van der Waals surface area contributed by atoms with Gasteiger partial charge in [-0.15, -0.1) is 0 Å². The normalized spacial score (nSPS) is 24.4. The standard InChI is InChI=1S/C11H18F2N2O4/c1-9(2,3)19-8(17)15-5-4-10(18,6-15)11(12,13)7(14)16/h18H,4-6H2,1-3H3,(H2,14,16). The number of alkyl halides is 2. The van der Waals surface area contributed by atoms with E-state index in [-0.39, 0.29) is 6.54 Å². The van der Waals surface area contributed by atoms with Crippen LogP contribution in [0.5, 0.6) is 0 Å². The Labute approximate surface area is 109 Å². The number of halogens is 2. The topological polar surface area (TPSA) is 92.9 Å². The molecule has 1 fully saturated rings. The molecule has 3 N–H and O–H groups in total. The largest absolute Gasteiger partial charge is 0.444 e. The Morgan fingerprint density at radius 3 is 2.32 bits per heavy atom. The Morgan fingerprint density at radius 2 is 1.89 bits per heavy atom. The molecular weight excluding hydrogens is 262 g/mol. The second-order valence-electron chi connectivity index (χ2n) is 5.62. The van der Waals surface area contributed by atoms with Gasteiger partial charge in [0.25, 0.3) is 5.91 Å². The van der Waals surface area contributed by atoms with Crippen LogP contribution in [0.4, 0.5) is 13.6 Å². The molecule has 0 spiro atoms. The van der Waals surface area contributed by atoms with Crippen LogP contribution < -0.4 is 5.73 Å². The third-order valence-electron chi connectivity index (χ3n) is 2.79. The highest BCUT2D eigenvalue weighted by Crippen LogP contribution is 2.36. The van der Waals surface area contributed by atoms with Crippen molar-refractivity contribution in [2.75, 3.05) is 13.1 Å². The minimum absolute atomic E-state index is 0.131. The number of carbonyl (C=O) groups excluding carboxylic acids is 2. The van der Waals surface area contributed by atoms with E-state index in [0.29, 0.717) is 0 Å². The number of nitrogens with zero attached hydrogens (tertiary/aromatic N) is 1. The molecule has 0 aromatic carbocycles. The van der Waals surface area contributed by atoms with Gasteiger partial charge in [-0.05, 0) is 20.8 Å². The van der Waals surface area contributed by atoms with Gasteiger partial charge < -0.3 is 20.5 Å². The molecule has 1 heterocycles. The van der Waals surface area contributed by atoms with Gasteiger partial charge in [-0.3, -0.25) is 4.79 Å². The van der Waals surface area contributed by atoms with E-state index in [0.717, 1.165) is 4.90 Å². The average molecular weight is 280 g/mol. The number of nitrogens with two attached hydrogens (primary N) is 1. The lowest BCUT2D eigenvalue weighted by Gasteiger charge is -2.30. The molecule has 0 saturated carbocycles. The lowest BCUT2D eigenvalue weighted by atomic mass is 9.94. The first-order valence-corrected chi connectivity index (χ1v) is 5.77. The fraction of sp³-hybridized carbons (Fsp3) is 0.818. The zero-order chi connectivity index (χ0) is 15.1. The third-order valence-corrected chi connectivity index (χ3v) is 2.79. The van der Waals surface area contributed by atoms with Crippen molar-refractivity contribution in [3.8, 4) is 0 Å². The summed E-state index contributed by atoms with van der Waals surface area (Å²) >= 11 is 0. The van der Waals surface area contributed by atoms with Crippen molar-refractivity contribution in [2.24, 2.45) is 5.73 Å². The molecule has 2 amide bonds. The first kappa shape index (κ1) is 15.6. The van der Waals surface area contributed by atoms with Gasteiger partial charge in [-0.1, -0.05) is 0 Å². The van der Waals surface area contributed by atoms with E-state index in [4.69, 9.17) is 4.74 Å². The first-order valence-electron chi connectivity index (χ1n) is 5.77. The highest BCUT2D eigenvalue weighted by atomic mass is 19.3. The Bertz CT molecular complexity index is 395. The predicted molar refractivity (Wildman–Crippen MR) is 61.5 cm³/mol. The van der Waals surface area contributed by atoms with Gasteiger partial charge >= 0.3 is 12.0 Å². The van der Waals surface area contributed by atoms with Crippen molar-refractivity contribution >= 4 is 12.0 Å². The van der Waals surface area contributed by atoms with Crippen molar-refractivity contribution in [1.82, 2.24) is 4.90 Å². The molecule has 1 unspecified atom stereocenters. The van der Waals surface area contributed by atoms with Crippen LogP contribution >= 0.6 is 0 Å². The second kappa shape index (κ2) is 4.59. The summed E-state index contributed by atoms with van der Waals surface area (Å²) in [5.74, 6) is -6.01. The fourth-order valence-electron chi connectivity index (χ4n) is 1.76. The Morgan fingerprint density at radius 1 is 1.37 bits per heavy atom. The fourth-order valence-corrected chi connectivity index (χ4v) is 1.76. The minimum atomic E-state index is -4.09. The van der Waals surface area contributed by atoms with E-state index in [9.17, 15) is 23.5 Å². The number of hydrogen-bond acceptors (Lipinski definition) is 4. The smallest absolute Gasteiger partial charge is 0.410 e. The number of hydrogen-bond donors (Lipinski definition) is 2. The number of amides is 2. The number of β-amino-alcohol motifs (C(OH)–C–C–N with tert-alkyl or cyclic N) is 1. The molecule has 110 valence electrons. The third kappa shape index (κ3) is 3.12. The summed E-state index contributed by atoms with van der Waals surface area (Å²) in [6.45, 7) is 4.06. The van der Waals surface area contributed by atoms with Gasteiger partial charge in [0.2, 0.25) is 0 Å². The number of ether oxygens (including phenoxy) is 1. The molecule has 19 heavy (non-hydrogen) atoms. The van der Waals surface area contributed by atoms with Crippen LogP contribution in [0.2, 0.25) is 0 Å². The molecule has 6 nitrogen and oxygen atoms in total. The molecule has 0 aromatic heterocycles. The number of carbonyl (C=O) groups is 2. The zero-order valence-corrected chi connectivity index (χ0v) is 11.1. The lowest BCUT2D eigenvalue weighted by molar-refractivity contribution is -0.185. The minimum Gasteiger partial charge on any atom is -0.444 e. The maximum absolute atomic E-state index is 13.5. The van der Waals surface area contributed by atoms with Gasteiger partial charge in [0.15, 0.2) is 5.60 Å². The molecule has 1 rings (SSSR count). The predicted octanol–water partition coefficient (Wildman–Crippen LogP) is 0.479. The quantitative estimate of drug-likeness (QED) is 0.769. The van der Waals surface area contributed by atoms with Gasteiger partial charge in [-0.2, -0.15) is 8.78 Å². The number of rotatable bonds is 2. The van der Waals surface area contributed by atoms with Gasteiger partial charge in [0, 0.05) is 13.0 Å². The Kier molecular flexibility index (Phi) is 3.77. The van der Waals surface area contributed by atoms with Crippen LogP contribution in [0.25, 0.3) is 0 Å². The van der Waals surface area contributed by atoms with Crippen molar-refractivity contribution in [2.45, 2.75) is 44.3 Å². The van der Waals surface area contributed by atoms with Gasteiger partial charge in [0.1, 0.15) is 5.60 Å².